The molecule has 48 valence electrons. The maximum atomic E-state index is 5.57. The van der Waals surface area contributed by atoms with Crippen molar-refractivity contribution in [3.63, 3.8) is 0 Å². The summed E-state index contributed by atoms with van der Waals surface area (Å²) >= 11 is 0. The van der Waals surface area contributed by atoms with Gasteiger partial charge in [-0.15, -0.1) is 0 Å². The molecule has 0 aromatic carbocycles. The van der Waals surface area contributed by atoms with Crippen LogP contribution in [0.5, 0.6) is 0 Å². The van der Waals surface area contributed by atoms with Gasteiger partial charge in [-0.05, 0) is 19.8 Å². The molecule has 1 rings (SSSR count). The van der Waals surface area contributed by atoms with Gasteiger partial charge in [0.05, 0.1) is 6.10 Å². The predicted octanol–water partition coefficient (Wildman–Crippen LogP) is 0.513. The van der Waals surface area contributed by atoms with Crippen molar-refractivity contribution < 1.29 is 4.74 Å². The Morgan fingerprint density at radius 3 is 2.75 bits per heavy atom. The summed E-state index contributed by atoms with van der Waals surface area (Å²) in [6.07, 6.45) is 2.68. The Hall–Kier alpha value is -0.0800. The van der Waals surface area contributed by atoms with Crippen LogP contribution in [-0.4, -0.2) is 18.8 Å². The molecule has 0 amide bonds. The molecule has 1 heterocycles. The molecule has 0 radical (unpaired) electrons. The lowest BCUT2D eigenvalue weighted by Gasteiger charge is -2.11. The van der Waals surface area contributed by atoms with E-state index in [4.69, 9.17) is 10.5 Å². The molecular weight excluding hydrogens is 102 g/mol. The quantitative estimate of drug-likeness (QED) is 0.540. The van der Waals surface area contributed by atoms with E-state index in [2.05, 4.69) is 0 Å². The van der Waals surface area contributed by atoms with Crippen LogP contribution in [0.3, 0.4) is 0 Å². The molecule has 2 N–H and O–H groups in total. The van der Waals surface area contributed by atoms with E-state index in [-0.39, 0.29) is 6.04 Å². The first-order chi connectivity index (χ1) is 3.80. The summed E-state index contributed by atoms with van der Waals surface area (Å²) in [5.41, 5.74) is 5.57. The van der Waals surface area contributed by atoms with E-state index in [1.54, 1.807) is 0 Å². The van der Waals surface area contributed by atoms with Crippen LogP contribution in [0.25, 0.3) is 0 Å². The van der Waals surface area contributed by atoms with Gasteiger partial charge in [0.1, 0.15) is 0 Å². The first-order valence-electron chi connectivity index (χ1n) is 3.18. The second kappa shape index (κ2) is 2.46. The highest BCUT2D eigenvalue weighted by Gasteiger charge is 2.18. The van der Waals surface area contributed by atoms with Gasteiger partial charge in [-0.25, -0.2) is 0 Å². The third-order valence-corrected chi connectivity index (χ3v) is 1.55. The molecule has 0 saturated carbocycles. The third-order valence-electron chi connectivity index (χ3n) is 1.55. The lowest BCUT2D eigenvalue weighted by molar-refractivity contribution is 0.0947. The van der Waals surface area contributed by atoms with Gasteiger partial charge in [0.15, 0.2) is 0 Å². The van der Waals surface area contributed by atoms with E-state index in [0.717, 1.165) is 13.0 Å². The summed E-state index contributed by atoms with van der Waals surface area (Å²) in [5.74, 6) is 0. The minimum atomic E-state index is 0.220. The van der Waals surface area contributed by atoms with E-state index < -0.39 is 0 Å². The van der Waals surface area contributed by atoms with Gasteiger partial charge in [0.25, 0.3) is 0 Å². The van der Waals surface area contributed by atoms with Crippen molar-refractivity contribution in [1.29, 1.82) is 0 Å². The van der Waals surface area contributed by atoms with Gasteiger partial charge in [-0.1, -0.05) is 0 Å². The summed E-state index contributed by atoms with van der Waals surface area (Å²) in [7, 11) is 0. The maximum absolute atomic E-state index is 5.57. The Bertz CT molecular complexity index is 66.9. The summed E-state index contributed by atoms with van der Waals surface area (Å²) in [6.45, 7) is 2.90. The first-order valence-corrected chi connectivity index (χ1v) is 3.18. The standard InChI is InChI=1S/C6H13NO/c1-5(7)6-3-2-4-8-6/h5-6H,2-4,7H2,1H3/t5-,6+/m0/s1. The Balaban J connectivity index is 2.24. The molecule has 2 atom stereocenters. The summed E-state index contributed by atoms with van der Waals surface area (Å²) < 4.78 is 5.29. The number of nitrogens with two attached hydrogens (primary N) is 1. The highest BCUT2D eigenvalue weighted by atomic mass is 16.5. The minimum absolute atomic E-state index is 0.220. The van der Waals surface area contributed by atoms with Crippen molar-refractivity contribution in [1.82, 2.24) is 0 Å². The molecule has 0 aromatic heterocycles. The fourth-order valence-electron chi connectivity index (χ4n) is 1.02. The summed E-state index contributed by atoms with van der Waals surface area (Å²) in [4.78, 5) is 0. The largest absolute Gasteiger partial charge is 0.377 e. The Morgan fingerprint density at radius 2 is 2.50 bits per heavy atom. The molecule has 2 nitrogen and oxygen atoms in total. The smallest absolute Gasteiger partial charge is 0.0724 e. The van der Waals surface area contributed by atoms with Gasteiger partial charge < -0.3 is 10.5 Å². The van der Waals surface area contributed by atoms with Gasteiger partial charge in [-0.2, -0.15) is 0 Å². The molecule has 1 aliphatic rings. The van der Waals surface area contributed by atoms with Crippen molar-refractivity contribution in [3.8, 4) is 0 Å². The molecule has 0 spiro atoms. The van der Waals surface area contributed by atoms with Gasteiger partial charge >= 0.3 is 0 Å². The average molecular weight is 115 g/mol. The molecule has 0 aliphatic carbocycles. The molecule has 1 fully saturated rings. The van der Waals surface area contributed by atoms with Crippen LogP contribution in [0.4, 0.5) is 0 Å². The monoisotopic (exact) mass is 115 g/mol. The highest BCUT2D eigenvalue weighted by molar-refractivity contribution is 4.72. The molecular formula is C6H13NO. The van der Waals surface area contributed by atoms with E-state index in [0.29, 0.717) is 6.10 Å². The van der Waals surface area contributed by atoms with Crippen molar-refractivity contribution in [2.75, 3.05) is 6.61 Å². The number of hydrogen-bond acceptors (Lipinski definition) is 2. The molecule has 0 bridgehead atoms. The zero-order valence-corrected chi connectivity index (χ0v) is 5.26. The van der Waals surface area contributed by atoms with E-state index in [1.165, 1.54) is 6.42 Å². The van der Waals surface area contributed by atoms with Crippen LogP contribution in [0.2, 0.25) is 0 Å². The average Bonchev–Trinajstić information content (AvgIpc) is 2.12. The maximum Gasteiger partial charge on any atom is 0.0724 e. The number of rotatable bonds is 1. The van der Waals surface area contributed by atoms with E-state index in [9.17, 15) is 0 Å². The van der Waals surface area contributed by atoms with Crippen molar-refractivity contribution >= 4 is 0 Å². The van der Waals surface area contributed by atoms with Gasteiger partial charge in [0.2, 0.25) is 0 Å². The lowest BCUT2D eigenvalue weighted by atomic mass is 10.1. The van der Waals surface area contributed by atoms with Crippen LogP contribution < -0.4 is 5.73 Å². The zero-order chi connectivity index (χ0) is 5.98. The van der Waals surface area contributed by atoms with Crippen molar-refractivity contribution in [2.24, 2.45) is 5.73 Å². The Morgan fingerprint density at radius 1 is 1.75 bits per heavy atom. The fourth-order valence-corrected chi connectivity index (χ4v) is 1.02. The van der Waals surface area contributed by atoms with Gasteiger partial charge in [0, 0.05) is 12.6 Å². The van der Waals surface area contributed by atoms with Gasteiger partial charge in [-0.3, -0.25) is 0 Å². The number of ether oxygens (including phenoxy) is 1. The SMILES string of the molecule is C[C@H](N)[C@H]1CCCO1. The third kappa shape index (κ3) is 1.20. The van der Waals surface area contributed by atoms with Crippen molar-refractivity contribution in [3.05, 3.63) is 0 Å². The molecule has 0 unspecified atom stereocenters. The normalized spacial score (nSPS) is 33.0. The van der Waals surface area contributed by atoms with E-state index in [1.807, 2.05) is 6.92 Å². The molecule has 0 aromatic rings. The van der Waals surface area contributed by atoms with Crippen LogP contribution in [-0.2, 0) is 4.74 Å². The Labute approximate surface area is 50.0 Å². The van der Waals surface area contributed by atoms with Crippen LogP contribution in [0, 0.1) is 0 Å². The second-order valence-corrected chi connectivity index (χ2v) is 2.41. The second-order valence-electron chi connectivity index (χ2n) is 2.41. The molecule has 2 heteroatoms. The number of hydrogen-bond donors (Lipinski definition) is 1. The molecule has 8 heavy (non-hydrogen) atoms. The van der Waals surface area contributed by atoms with Crippen LogP contribution in [0.15, 0.2) is 0 Å². The Kier molecular flexibility index (Phi) is 1.86. The molecule has 1 saturated heterocycles. The summed E-state index contributed by atoms with van der Waals surface area (Å²) in [6, 6.07) is 0.220. The van der Waals surface area contributed by atoms with E-state index >= 15 is 0 Å². The minimum Gasteiger partial charge on any atom is -0.377 e. The topological polar surface area (TPSA) is 35.2 Å². The predicted molar refractivity (Wildman–Crippen MR) is 32.6 cm³/mol. The fraction of sp³-hybridized carbons (Fsp3) is 1.00. The van der Waals surface area contributed by atoms with Crippen LogP contribution >= 0.6 is 0 Å². The van der Waals surface area contributed by atoms with Crippen molar-refractivity contribution in [2.45, 2.75) is 31.9 Å². The summed E-state index contributed by atoms with van der Waals surface area (Å²) in [5, 5.41) is 0. The first kappa shape index (κ1) is 6.05. The highest BCUT2D eigenvalue weighted by Crippen LogP contribution is 2.13. The van der Waals surface area contributed by atoms with Crippen LogP contribution in [0.1, 0.15) is 19.8 Å². The molecule has 1 aliphatic heterocycles. The zero-order valence-electron chi connectivity index (χ0n) is 5.26. The lowest BCUT2D eigenvalue weighted by Crippen LogP contribution is -2.30.